The lowest BCUT2D eigenvalue weighted by Crippen LogP contribution is -2.49. The minimum absolute atomic E-state index is 0.138. The summed E-state index contributed by atoms with van der Waals surface area (Å²) in [5.74, 6) is -1.04. The Balaban J connectivity index is 1.67. The first-order valence-corrected chi connectivity index (χ1v) is 9.34. The molecule has 0 saturated carbocycles. The number of fused-ring (bicyclic) bond motifs is 1. The third-order valence-electron chi connectivity index (χ3n) is 4.47. The molecule has 1 aliphatic rings. The van der Waals surface area contributed by atoms with E-state index < -0.39 is 30.6 Å². The van der Waals surface area contributed by atoms with Crippen molar-refractivity contribution in [2.75, 3.05) is 13.7 Å². The maximum absolute atomic E-state index is 12.6. The Labute approximate surface area is 177 Å². The lowest BCUT2D eigenvalue weighted by atomic mass is 10.1. The largest absolute Gasteiger partial charge is 0.497 e. The zero-order valence-electron chi connectivity index (χ0n) is 16.8. The number of amides is 1. The van der Waals surface area contributed by atoms with Gasteiger partial charge < -0.3 is 29.7 Å². The minimum Gasteiger partial charge on any atom is -0.497 e. The fraction of sp³-hybridized carbons (Fsp3) is 0.227. The molecule has 1 heterocycles. The van der Waals surface area contributed by atoms with Crippen LogP contribution in [0.4, 0.5) is 0 Å². The number of carboxylic acids is 1. The van der Waals surface area contributed by atoms with Crippen LogP contribution < -0.4 is 19.5 Å². The van der Waals surface area contributed by atoms with Crippen molar-refractivity contribution in [3.63, 3.8) is 0 Å². The first-order chi connectivity index (χ1) is 14.8. The monoisotopic (exact) mass is 427 g/mol. The number of aliphatic carboxylic acids is 1. The number of carbonyl (C=O) groups is 3. The quantitative estimate of drug-likeness (QED) is 0.542. The Kier molecular flexibility index (Phi) is 6.56. The number of carbonyl (C=O) groups excluding carboxylic acids is 2. The van der Waals surface area contributed by atoms with Gasteiger partial charge in [0.2, 0.25) is 5.78 Å². The highest BCUT2D eigenvalue weighted by Crippen LogP contribution is 2.35. The van der Waals surface area contributed by atoms with Gasteiger partial charge in [-0.3, -0.25) is 9.59 Å². The lowest BCUT2D eigenvalue weighted by molar-refractivity contribution is -0.145. The highest BCUT2D eigenvalue weighted by Gasteiger charge is 2.28. The molecule has 0 aliphatic carbocycles. The van der Waals surface area contributed by atoms with Gasteiger partial charge in [-0.25, -0.2) is 4.79 Å². The van der Waals surface area contributed by atoms with Gasteiger partial charge in [-0.1, -0.05) is 12.1 Å². The molecule has 0 unspecified atom stereocenters. The second kappa shape index (κ2) is 9.31. The van der Waals surface area contributed by atoms with Gasteiger partial charge in [0.1, 0.15) is 17.2 Å². The van der Waals surface area contributed by atoms with E-state index in [2.05, 4.69) is 5.32 Å². The van der Waals surface area contributed by atoms with Crippen LogP contribution in [0.2, 0.25) is 0 Å². The summed E-state index contributed by atoms with van der Waals surface area (Å²) in [6.45, 7) is 0.779. The number of allylic oxidation sites excluding steroid dienone is 1. The van der Waals surface area contributed by atoms with Crippen molar-refractivity contribution in [2.45, 2.75) is 19.1 Å². The average Bonchev–Trinajstić information content (AvgIpc) is 3.04. The van der Waals surface area contributed by atoms with Crippen LogP contribution >= 0.6 is 0 Å². The summed E-state index contributed by atoms with van der Waals surface area (Å²) in [6.07, 6.45) is 0.330. The topological polar surface area (TPSA) is 131 Å². The molecule has 0 saturated heterocycles. The molecule has 9 heteroatoms. The van der Waals surface area contributed by atoms with Crippen molar-refractivity contribution in [1.29, 1.82) is 0 Å². The first-order valence-electron chi connectivity index (χ1n) is 9.34. The summed E-state index contributed by atoms with van der Waals surface area (Å²) in [6, 6.07) is 10.2. The molecular weight excluding hydrogens is 406 g/mol. The lowest BCUT2D eigenvalue weighted by Gasteiger charge is -2.17. The zero-order chi connectivity index (χ0) is 22.5. The summed E-state index contributed by atoms with van der Waals surface area (Å²) >= 11 is 0. The number of benzene rings is 2. The number of nitrogens with one attached hydrogen (secondary N) is 1. The number of carboxylic acid groups (broad SMARTS) is 1. The molecule has 0 radical (unpaired) electrons. The Bertz CT molecular complexity index is 1040. The molecule has 2 aromatic carbocycles. The third-order valence-corrected chi connectivity index (χ3v) is 4.47. The SMILES string of the molecule is COc1cccc(C=C2Oc3cc(OCC(=O)N[C@@H](C(=O)O)[C@@H](C)O)ccc3C2=O)c1. The van der Waals surface area contributed by atoms with E-state index in [-0.39, 0.29) is 23.0 Å². The molecule has 162 valence electrons. The summed E-state index contributed by atoms with van der Waals surface area (Å²) in [5, 5.41) is 20.6. The van der Waals surface area contributed by atoms with Gasteiger partial charge >= 0.3 is 5.97 Å². The average molecular weight is 427 g/mol. The van der Waals surface area contributed by atoms with Gasteiger partial charge in [-0.05, 0) is 42.8 Å². The number of aliphatic hydroxyl groups excluding tert-OH is 1. The molecule has 0 bridgehead atoms. The van der Waals surface area contributed by atoms with Crippen LogP contribution in [0.15, 0.2) is 48.2 Å². The number of Topliss-reactive ketones (excluding diaryl/α,β-unsaturated/α-hetero) is 1. The van der Waals surface area contributed by atoms with E-state index in [0.717, 1.165) is 5.56 Å². The fourth-order valence-corrected chi connectivity index (χ4v) is 2.89. The molecular formula is C22H21NO8. The summed E-state index contributed by atoms with van der Waals surface area (Å²) in [4.78, 5) is 35.5. The predicted octanol–water partition coefficient (Wildman–Crippen LogP) is 1.64. The van der Waals surface area contributed by atoms with Gasteiger partial charge in [0.25, 0.3) is 5.91 Å². The van der Waals surface area contributed by atoms with Gasteiger partial charge in [0.15, 0.2) is 18.4 Å². The van der Waals surface area contributed by atoms with Gasteiger partial charge in [-0.15, -0.1) is 0 Å². The molecule has 2 atom stereocenters. The van der Waals surface area contributed by atoms with Crippen LogP contribution in [-0.2, 0) is 9.59 Å². The van der Waals surface area contributed by atoms with E-state index in [1.54, 1.807) is 37.5 Å². The molecule has 2 aromatic rings. The Morgan fingerprint density at radius 2 is 1.97 bits per heavy atom. The highest BCUT2D eigenvalue weighted by molar-refractivity contribution is 6.14. The Morgan fingerprint density at radius 3 is 2.65 bits per heavy atom. The van der Waals surface area contributed by atoms with Crippen molar-refractivity contribution in [3.8, 4) is 17.2 Å². The van der Waals surface area contributed by atoms with E-state index in [4.69, 9.17) is 19.3 Å². The highest BCUT2D eigenvalue weighted by atomic mass is 16.5. The molecule has 1 aliphatic heterocycles. The maximum atomic E-state index is 12.6. The molecule has 3 rings (SSSR count). The Morgan fingerprint density at radius 1 is 1.19 bits per heavy atom. The normalized spacial score (nSPS) is 15.6. The van der Waals surface area contributed by atoms with Crippen LogP contribution in [0.5, 0.6) is 17.2 Å². The maximum Gasteiger partial charge on any atom is 0.328 e. The number of aliphatic hydroxyl groups is 1. The molecule has 9 nitrogen and oxygen atoms in total. The zero-order valence-corrected chi connectivity index (χ0v) is 16.8. The van der Waals surface area contributed by atoms with Crippen molar-refractivity contribution in [1.82, 2.24) is 5.32 Å². The fourth-order valence-electron chi connectivity index (χ4n) is 2.89. The number of rotatable bonds is 8. The third kappa shape index (κ3) is 5.20. The Hall–Kier alpha value is -3.85. The molecule has 1 amide bonds. The van der Waals surface area contributed by atoms with Crippen LogP contribution in [0, 0.1) is 0 Å². The van der Waals surface area contributed by atoms with E-state index in [0.29, 0.717) is 11.3 Å². The first kappa shape index (κ1) is 21.8. The smallest absolute Gasteiger partial charge is 0.328 e. The molecule has 3 N–H and O–H groups in total. The summed E-state index contributed by atoms with van der Waals surface area (Å²) < 4.78 is 16.2. The van der Waals surface area contributed by atoms with Crippen LogP contribution in [-0.4, -0.2) is 53.7 Å². The molecule has 0 fully saturated rings. The van der Waals surface area contributed by atoms with E-state index >= 15 is 0 Å². The number of methoxy groups -OCH3 is 1. The number of ketones is 1. The van der Waals surface area contributed by atoms with Crippen LogP contribution in [0.1, 0.15) is 22.8 Å². The van der Waals surface area contributed by atoms with E-state index in [1.807, 2.05) is 0 Å². The standard InChI is InChI=1S/C22H21NO8/c1-12(24)20(22(27)28)23-19(25)11-30-15-6-7-16-17(10-15)31-18(21(16)26)9-13-4-3-5-14(8-13)29-2/h3-10,12,20,24H,11H2,1-2H3,(H,23,25)(H,27,28)/t12-,20-/m1/s1. The summed E-state index contributed by atoms with van der Waals surface area (Å²) in [7, 11) is 1.55. The van der Waals surface area contributed by atoms with Crippen molar-refractivity contribution in [3.05, 3.63) is 59.4 Å². The van der Waals surface area contributed by atoms with Gasteiger partial charge in [0.05, 0.1) is 18.8 Å². The van der Waals surface area contributed by atoms with Crippen LogP contribution in [0.25, 0.3) is 6.08 Å². The molecule has 0 spiro atoms. The second-order valence-electron chi connectivity index (χ2n) is 6.79. The molecule has 31 heavy (non-hydrogen) atoms. The number of hydrogen-bond acceptors (Lipinski definition) is 7. The van der Waals surface area contributed by atoms with Crippen molar-refractivity contribution >= 4 is 23.7 Å². The van der Waals surface area contributed by atoms with Gasteiger partial charge in [0, 0.05) is 6.07 Å². The van der Waals surface area contributed by atoms with Crippen molar-refractivity contribution in [2.24, 2.45) is 0 Å². The summed E-state index contributed by atoms with van der Waals surface area (Å²) in [5.41, 5.74) is 1.08. The molecule has 0 aromatic heterocycles. The predicted molar refractivity (Wildman–Crippen MR) is 109 cm³/mol. The van der Waals surface area contributed by atoms with Crippen molar-refractivity contribution < 1.29 is 38.8 Å². The van der Waals surface area contributed by atoms with E-state index in [1.165, 1.54) is 25.1 Å². The van der Waals surface area contributed by atoms with E-state index in [9.17, 15) is 19.5 Å². The second-order valence-corrected chi connectivity index (χ2v) is 6.79. The number of ether oxygens (including phenoxy) is 3. The van der Waals surface area contributed by atoms with Crippen LogP contribution in [0.3, 0.4) is 0 Å². The number of hydrogen-bond donors (Lipinski definition) is 3. The van der Waals surface area contributed by atoms with Gasteiger partial charge in [-0.2, -0.15) is 0 Å². The minimum atomic E-state index is -1.44.